The molecule has 0 radical (unpaired) electrons. The van der Waals surface area contributed by atoms with Crippen LogP contribution < -0.4 is 5.73 Å². The van der Waals surface area contributed by atoms with Crippen molar-refractivity contribution in [1.29, 1.82) is 0 Å². The van der Waals surface area contributed by atoms with E-state index < -0.39 is 0 Å². The van der Waals surface area contributed by atoms with E-state index in [1.807, 2.05) is 0 Å². The Morgan fingerprint density at radius 2 is 1.67 bits per heavy atom. The number of nitrogens with two attached hydrogens (primary N) is 1. The Morgan fingerprint density at radius 3 is 2.29 bits per heavy atom. The van der Waals surface area contributed by atoms with E-state index in [1.54, 1.807) is 0 Å². The molecular formula is C17H31ClN2O. The van der Waals surface area contributed by atoms with E-state index >= 15 is 0 Å². The Labute approximate surface area is 135 Å². The molecule has 1 amide bonds. The zero-order chi connectivity index (χ0) is 14.0. The zero-order valence-corrected chi connectivity index (χ0v) is 14.0. The number of piperidine rings is 1. The summed E-state index contributed by atoms with van der Waals surface area (Å²) >= 11 is 0. The lowest BCUT2D eigenvalue weighted by Crippen LogP contribution is -2.47. The number of hydrogen-bond acceptors (Lipinski definition) is 2. The lowest BCUT2D eigenvalue weighted by molar-refractivity contribution is -0.139. The quantitative estimate of drug-likeness (QED) is 0.849. The number of hydrogen-bond donors (Lipinski definition) is 1. The molecule has 2 atom stereocenters. The first-order valence-corrected chi connectivity index (χ1v) is 8.73. The molecule has 3 rings (SSSR count). The van der Waals surface area contributed by atoms with Gasteiger partial charge >= 0.3 is 0 Å². The summed E-state index contributed by atoms with van der Waals surface area (Å²) in [6, 6.07) is 0. The van der Waals surface area contributed by atoms with Gasteiger partial charge in [0.2, 0.25) is 5.91 Å². The first-order valence-electron chi connectivity index (χ1n) is 8.73. The standard InChI is InChI=1S/C17H30N2O.ClH/c18-13-14-5-4-6-15(14)16(20)19-11-9-17(10-12-19)7-2-1-3-8-17;/h14-15H,1-13,18H2;1H/t14-,15-;/m1./s1. The van der Waals surface area contributed by atoms with Gasteiger partial charge in [0, 0.05) is 19.0 Å². The highest BCUT2D eigenvalue weighted by atomic mass is 35.5. The maximum atomic E-state index is 12.7. The minimum Gasteiger partial charge on any atom is -0.342 e. The van der Waals surface area contributed by atoms with Crippen LogP contribution in [0.25, 0.3) is 0 Å². The van der Waals surface area contributed by atoms with Crippen LogP contribution in [0.15, 0.2) is 0 Å². The molecule has 0 aromatic heterocycles. The van der Waals surface area contributed by atoms with Crippen molar-refractivity contribution in [3.8, 4) is 0 Å². The third-order valence-corrected chi connectivity index (χ3v) is 6.33. The summed E-state index contributed by atoms with van der Waals surface area (Å²) in [5.41, 5.74) is 6.43. The highest BCUT2D eigenvalue weighted by molar-refractivity contribution is 5.85. The largest absolute Gasteiger partial charge is 0.342 e. The maximum Gasteiger partial charge on any atom is 0.226 e. The second kappa shape index (κ2) is 7.32. The summed E-state index contributed by atoms with van der Waals surface area (Å²) in [7, 11) is 0. The molecule has 3 aliphatic rings. The van der Waals surface area contributed by atoms with Crippen molar-refractivity contribution < 1.29 is 4.79 Å². The summed E-state index contributed by atoms with van der Waals surface area (Å²) < 4.78 is 0. The average Bonchev–Trinajstić information content (AvgIpc) is 2.97. The molecule has 1 heterocycles. The topological polar surface area (TPSA) is 46.3 Å². The fraction of sp³-hybridized carbons (Fsp3) is 0.941. The number of carbonyl (C=O) groups is 1. The summed E-state index contributed by atoms with van der Waals surface area (Å²) in [6.07, 6.45) is 13.0. The molecule has 0 bridgehead atoms. The van der Waals surface area contributed by atoms with E-state index in [4.69, 9.17) is 5.73 Å². The van der Waals surface area contributed by atoms with Gasteiger partial charge in [-0.05, 0) is 56.4 Å². The van der Waals surface area contributed by atoms with Crippen molar-refractivity contribution in [2.45, 2.75) is 64.2 Å². The van der Waals surface area contributed by atoms with E-state index in [0.29, 0.717) is 23.8 Å². The Bertz CT molecular complexity index is 345. The first kappa shape index (κ1) is 17.1. The first-order chi connectivity index (χ1) is 9.74. The highest BCUT2D eigenvalue weighted by Gasteiger charge is 2.40. The van der Waals surface area contributed by atoms with Gasteiger partial charge in [-0.2, -0.15) is 0 Å². The van der Waals surface area contributed by atoms with Gasteiger partial charge in [-0.15, -0.1) is 12.4 Å². The van der Waals surface area contributed by atoms with Crippen LogP contribution in [0.3, 0.4) is 0 Å². The number of nitrogens with zero attached hydrogens (tertiary/aromatic N) is 1. The van der Waals surface area contributed by atoms with E-state index in [-0.39, 0.29) is 18.3 Å². The average molecular weight is 315 g/mol. The summed E-state index contributed by atoms with van der Waals surface area (Å²) in [6.45, 7) is 2.70. The minimum atomic E-state index is 0. The van der Waals surface area contributed by atoms with Gasteiger partial charge in [0.25, 0.3) is 0 Å². The summed E-state index contributed by atoms with van der Waals surface area (Å²) in [4.78, 5) is 14.9. The van der Waals surface area contributed by atoms with Gasteiger partial charge in [0.1, 0.15) is 0 Å². The molecule has 1 aliphatic heterocycles. The molecule has 122 valence electrons. The number of halogens is 1. The van der Waals surface area contributed by atoms with Gasteiger partial charge in [0.05, 0.1) is 0 Å². The lowest BCUT2D eigenvalue weighted by Gasteiger charge is -2.45. The van der Waals surface area contributed by atoms with Gasteiger partial charge in [0.15, 0.2) is 0 Å². The van der Waals surface area contributed by atoms with Crippen molar-refractivity contribution in [3.63, 3.8) is 0 Å². The Kier molecular flexibility index (Phi) is 5.96. The molecule has 3 fully saturated rings. The molecular weight excluding hydrogens is 284 g/mol. The lowest BCUT2D eigenvalue weighted by atomic mass is 9.68. The number of carbonyl (C=O) groups excluding carboxylic acids is 1. The second-order valence-corrected chi connectivity index (χ2v) is 7.42. The molecule has 4 heteroatoms. The molecule has 0 aromatic carbocycles. The van der Waals surface area contributed by atoms with Crippen molar-refractivity contribution in [2.75, 3.05) is 19.6 Å². The Balaban J connectivity index is 0.00000161. The minimum absolute atomic E-state index is 0. The van der Waals surface area contributed by atoms with Crippen LogP contribution >= 0.6 is 12.4 Å². The van der Waals surface area contributed by atoms with Crippen LogP contribution in [0.2, 0.25) is 0 Å². The molecule has 1 spiro atoms. The maximum absolute atomic E-state index is 12.7. The Hall–Kier alpha value is -0.280. The number of rotatable bonds is 2. The normalized spacial score (nSPS) is 32.0. The number of likely N-dealkylation sites (tertiary alicyclic amines) is 1. The van der Waals surface area contributed by atoms with Crippen molar-refractivity contribution in [2.24, 2.45) is 23.0 Å². The van der Waals surface area contributed by atoms with Gasteiger partial charge in [-0.3, -0.25) is 4.79 Å². The van der Waals surface area contributed by atoms with Gasteiger partial charge < -0.3 is 10.6 Å². The summed E-state index contributed by atoms with van der Waals surface area (Å²) in [5, 5.41) is 0. The van der Waals surface area contributed by atoms with Crippen LogP contribution in [-0.2, 0) is 4.79 Å². The van der Waals surface area contributed by atoms with Gasteiger partial charge in [-0.25, -0.2) is 0 Å². The van der Waals surface area contributed by atoms with Crippen LogP contribution in [0, 0.1) is 17.3 Å². The van der Waals surface area contributed by atoms with Crippen molar-refractivity contribution >= 4 is 18.3 Å². The van der Waals surface area contributed by atoms with Crippen LogP contribution in [0.1, 0.15) is 64.2 Å². The van der Waals surface area contributed by atoms with Crippen LogP contribution in [0.5, 0.6) is 0 Å². The smallest absolute Gasteiger partial charge is 0.226 e. The van der Waals surface area contributed by atoms with E-state index in [0.717, 1.165) is 25.9 Å². The third-order valence-electron chi connectivity index (χ3n) is 6.33. The SMILES string of the molecule is Cl.NC[C@H]1CCC[C@H]1C(=O)N1CCC2(CCCCC2)CC1. The summed E-state index contributed by atoms with van der Waals surface area (Å²) in [5.74, 6) is 1.11. The monoisotopic (exact) mass is 314 g/mol. The molecule has 21 heavy (non-hydrogen) atoms. The molecule has 2 aliphatic carbocycles. The fourth-order valence-electron chi connectivity index (χ4n) is 4.88. The van der Waals surface area contributed by atoms with E-state index in [2.05, 4.69) is 4.90 Å². The van der Waals surface area contributed by atoms with Gasteiger partial charge in [-0.1, -0.05) is 25.7 Å². The second-order valence-electron chi connectivity index (χ2n) is 7.42. The third kappa shape index (κ3) is 3.56. The molecule has 3 nitrogen and oxygen atoms in total. The predicted molar refractivity (Wildman–Crippen MR) is 88.5 cm³/mol. The number of amides is 1. The predicted octanol–water partition coefficient (Wildman–Crippen LogP) is 3.36. The van der Waals surface area contributed by atoms with Crippen molar-refractivity contribution in [3.05, 3.63) is 0 Å². The van der Waals surface area contributed by atoms with Crippen molar-refractivity contribution in [1.82, 2.24) is 4.90 Å². The Morgan fingerprint density at radius 1 is 1.00 bits per heavy atom. The fourth-order valence-corrected chi connectivity index (χ4v) is 4.88. The van der Waals surface area contributed by atoms with Crippen LogP contribution in [-0.4, -0.2) is 30.4 Å². The molecule has 0 aromatic rings. The van der Waals surface area contributed by atoms with E-state index in [1.165, 1.54) is 51.4 Å². The highest BCUT2D eigenvalue weighted by Crippen LogP contribution is 2.45. The molecule has 0 unspecified atom stereocenters. The van der Waals surface area contributed by atoms with Crippen LogP contribution in [0.4, 0.5) is 0 Å². The molecule has 1 saturated heterocycles. The molecule has 2 saturated carbocycles. The molecule has 2 N–H and O–H groups in total. The van der Waals surface area contributed by atoms with E-state index in [9.17, 15) is 4.79 Å². The zero-order valence-electron chi connectivity index (χ0n) is 13.2.